The lowest BCUT2D eigenvalue weighted by Crippen LogP contribution is -2.23. The summed E-state index contributed by atoms with van der Waals surface area (Å²) in [6, 6.07) is 0. The van der Waals surface area contributed by atoms with Crippen molar-refractivity contribution in [3.63, 3.8) is 0 Å². The van der Waals surface area contributed by atoms with Gasteiger partial charge < -0.3 is 9.84 Å². The highest BCUT2D eigenvalue weighted by atomic mass is 16.5. The van der Waals surface area contributed by atoms with Crippen LogP contribution in [0, 0.1) is 11.8 Å². The van der Waals surface area contributed by atoms with E-state index in [1.165, 1.54) is 19.2 Å². The Balaban J connectivity index is 1.90. The maximum atomic E-state index is 10.6. The molecule has 3 rings (SSSR count). The molecule has 1 fully saturated rings. The SMILES string of the molecule is COc1ncnc2c1ncn2C(O)[C@H]1CC[C@H](C)CC1. The number of aliphatic hydroxyl groups excluding tert-OH is 1. The monoisotopic (exact) mass is 276 g/mol. The summed E-state index contributed by atoms with van der Waals surface area (Å²) >= 11 is 0. The van der Waals surface area contributed by atoms with E-state index in [2.05, 4.69) is 21.9 Å². The molecule has 0 spiro atoms. The second-order valence-electron chi connectivity index (χ2n) is 5.64. The third kappa shape index (κ3) is 2.24. The summed E-state index contributed by atoms with van der Waals surface area (Å²) in [6.07, 6.45) is 6.93. The van der Waals surface area contributed by atoms with Crippen LogP contribution in [0.15, 0.2) is 12.7 Å². The van der Waals surface area contributed by atoms with Crippen LogP contribution in [0.5, 0.6) is 5.88 Å². The van der Waals surface area contributed by atoms with Crippen LogP contribution in [0.4, 0.5) is 0 Å². The van der Waals surface area contributed by atoms with E-state index in [4.69, 9.17) is 4.74 Å². The van der Waals surface area contributed by atoms with Gasteiger partial charge in [-0.2, -0.15) is 4.98 Å². The topological polar surface area (TPSA) is 73.1 Å². The molecule has 1 unspecified atom stereocenters. The fourth-order valence-corrected chi connectivity index (χ4v) is 2.98. The van der Waals surface area contributed by atoms with Crippen molar-refractivity contribution in [3.8, 4) is 5.88 Å². The van der Waals surface area contributed by atoms with E-state index >= 15 is 0 Å². The third-order valence-electron chi connectivity index (χ3n) is 4.29. The van der Waals surface area contributed by atoms with Gasteiger partial charge in [0.25, 0.3) is 0 Å². The second-order valence-corrected chi connectivity index (χ2v) is 5.64. The van der Waals surface area contributed by atoms with Crippen LogP contribution in [0.1, 0.15) is 38.8 Å². The largest absolute Gasteiger partial charge is 0.479 e. The summed E-state index contributed by atoms with van der Waals surface area (Å²) < 4.78 is 6.91. The molecule has 0 saturated heterocycles. The Bertz CT molecular complexity index is 590. The molecule has 2 aromatic rings. The molecule has 6 nitrogen and oxygen atoms in total. The molecule has 0 amide bonds. The predicted octanol–water partition coefficient (Wildman–Crippen LogP) is 2.15. The van der Waals surface area contributed by atoms with Gasteiger partial charge in [-0.05, 0) is 18.8 Å². The Morgan fingerprint density at radius 3 is 2.70 bits per heavy atom. The van der Waals surface area contributed by atoms with E-state index in [1.807, 2.05) is 0 Å². The molecule has 2 aromatic heterocycles. The van der Waals surface area contributed by atoms with Crippen molar-refractivity contribution in [2.75, 3.05) is 7.11 Å². The van der Waals surface area contributed by atoms with Gasteiger partial charge in [-0.1, -0.05) is 19.8 Å². The minimum Gasteiger partial charge on any atom is -0.479 e. The summed E-state index contributed by atoms with van der Waals surface area (Å²) in [5.74, 6) is 1.48. The first-order chi connectivity index (χ1) is 9.70. The Morgan fingerprint density at radius 1 is 1.25 bits per heavy atom. The first-order valence-corrected chi connectivity index (χ1v) is 7.10. The van der Waals surface area contributed by atoms with E-state index in [1.54, 1.807) is 18.0 Å². The van der Waals surface area contributed by atoms with E-state index in [9.17, 15) is 5.11 Å². The highest BCUT2D eigenvalue weighted by Gasteiger charge is 2.27. The number of aliphatic hydroxyl groups is 1. The molecule has 1 N–H and O–H groups in total. The number of aromatic nitrogens is 4. The maximum Gasteiger partial charge on any atom is 0.245 e. The minimum absolute atomic E-state index is 0.268. The summed E-state index contributed by atoms with van der Waals surface area (Å²) in [7, 11) is 1.56. The fourth-order valence-electron chi connectivity index (χ4n) is 2.98. The zero-order valence-electron chi connectivity index (χ0n) is 11.9. The lowest BCUT2D eigenvalue weighted by Gasteiger charge is -2.30. The first-order valence-electron chi connectivity index (χ1n) is 7.10. The lowest BCUT2D eigenvalue weighted by atomic mass is 9.82. The number of fused-ring (bicyclic) bond motifs is 1. The van der Waals surface area contributed by atoms with E-state index in [0.717, 1.165) is 18.8 Å². The molecule has 0 bridgehead atoms. The van der Waals surface area contributed by atoms with Crippen LogP contribution < -0.4 is 4.74 Å². The van der Waals surface area contributed by atoms with Crippen molar-refractivity contribution in [2.24, 2.45) is 11.8 Å². The van der Waals surface area contributed by atoms with Crippen LogP contribution in [-0.4, -0.2) is 31.7 Å². The van der Waals surface area contributed by atoms with Gasteiger partial charge in [-0.15, -0.1) is 0 Å². The highest BCUT2D eigenvalue weighted by molar-refractivity contribution is 5.75. The van der Waals surface area contributed by atoms with Crippen LogP contribution >= 0.6 is 0 Å². The number of imidazole rings is 1. The van der Waals surface area contributed by atoms with Crippen molar-refractivity contribution in [2.45, 2.75) is 38.8 Å². The van der Waals surface area contributed by atoms with Crippen LogP contribution in [0.2, 0.25) is 0 Å². The number of hydrogen-bond donors (Lipinski definition) is 1. The smallest absolute Gasteiger partial charge is 0.245 e. The van der Waals surface area contributed by atoms with Crippen molar-refractivity contribution < 1.29 is 9.84 Å². The minimum atomic E-state index is -0.577. The molecule has 6 heteroatoms. The van der Waals surface area contributed by atoms with Gasteiger partial charge in [-0.3, -0.25) is 4.57 Å². The Morgan fingerprint density at radius 2 is 2.00 bits per heavy atom. The lowest BCUT2D eigenvalue weighted by molar-refractivity contribution is 0.0200. The average molecular weight is 276 g/mol. The van der Waals surface area contributed by atoms with Crippen LogP contribution in [-0.2, 0) is 0 Å². The van der Waals surface area contributed by atoms with Gasteiger partial charge in [-0.25, -0.2) is 9.97 Å². The van der Waals surface area contributed by atoms with Gasteiger partial charge in [0.05, 0.1) is 13.4 Å². The van der Waals surface area contributed by atoms with Crippen LogP contribution in [0.25, 0.3) is 11.2 Å². The zero-order valence-corrected chi connectivity index (χ0v) is 11.9. The fraction of sp³-hybridized carbons (Fsp3) is 0.643. The highest BCUT2D eigenvalue weighted by Crippen LogP contribution is 2.35. The quantitative estimate of drug-likeness (QED) is 0.930. The normalized spacial score (nSPS) is 24.8. The average Bonchev–Trinajstić information content (AvgIpc) is 2.91. The number of ether oxygens (including phenoxy) is 1. The van der Waals surface area contributed by atoms with E-state index in [0.29, 0.717) is 17.0 Å². The van der Waals surface area contributed by atoms with Gasteiger partial charge in [0.15, 0.2) is 11.2 Å². The van der Waals surface area contributed by atoms with Crippen molar-refractivity contribution in [3.05, 3.63) is 12.7 Å². The molecule has 1 atom stereocenters. The molecule has 0 aromatic carbocycles. The van der Waals surface area contributed by atoms with Gasteiger partial charge in [0.2, 0.25) is 5.88 Å². The zero-order chi connectivity index (χ0) is 14.1. The third-order valence-corrected chi connectivity index (χ3v) is 4.29. The van der Waals surface area contributed by atoms with Crippen molar-refractivity contribution >= 4 is 11.2 Å². The molecular weight excluding hydrogens is 256 g/mol. The number of hydrogen-bond acceptors (Lipinski definition) is 5. The number of rotatable bonds is 3. The maximum absolute atomic E-state index is 10.6. The summed E-state index contributed by atoms with van der Waals surface area (Å²) in [6.45, 7) is 2.27. The molecule has 108 valence electrons. The van der Waals surface area contributed by atoms with E-state index < -0.39 is 6.23 Å². The van der Waals surface area contributed by atoms with Crippen molar-refractivity contribution in [1.29, 1.82) is 0 Å². The molecular formula is C14H20N4O2. The summed E-state index contributed by atoms with van der Waals surface area (Å²) in [5.41, 5.74) is 1.22. The molecule has 20 heavy (non-hydrogen) atoms. The second kappa shape index (κ2) is 5.36. The standard InChI is InChI=1S/C14H20N4O2/c1-9-3-5-10(6-4-9)14(19)18-8-17-11-12(18)15-7-16-13(11)20-2/h7-10,14,19H,3-6H2,1-2H3/t9-,10-,14?. The van der Waals surface area contributed by atoms with Gasteiger partial charge in [0.1, 0.15) is 12.6 Å². The van der Waals surface area contributed by atoms with Crippen molar-refractivity contribution in [1.82, 2.24) is 19.5 Å². The molecule has 2 heterocycles. The van der Waals surface area contributed by atoms with E-state index in [-0.39, 0.29) is 5.92 Å². The molecule has 0 aliphatic heterocycles. The first kappa shape index (κ1) is 13.3. The number of nitrogens with zero attached hydrogens (tertiary/aromatic N) is 4. The molecule has 1 saturated carbocycles. The Labute approximate surface area is 117 Å². The molecule has 1 aliphatic rings. The summed E-state index contributed by atoms with van der Waals surface area (Å²) in [4.78, 5) is 12.5. The Kier molecular flexibility index (Phi) is 3.56. The molecule has 0 radical (unpaired) electrons. The van der Waals surface area contributed by atoms with Gasteiger partial charge in [0, 0.05) is 5.92 Å². The van der Waals surface area contributed by atoms with Gasteiger partial charge >= 0.3 is 0 Å². The summed E-state index contributed by atoms with van der Waals surface area (Å²) in [5, 5.41) is 10.6. The number of methoxy groups -OCH3 is 1. The van der Waals surface area contributed by atoms with Crippen LogP contribution in [0.3, 0.4) is 0 Å². The predicted molar refractivity (Wildman–Crippen MR) is 74.3 cm³/mol. The molecule has 1 aliphatic carbocycles. The Hall–Kier alpha value is -1.69.